The number of nitrogens with zero attached hydrogens (tertiary/aromatic N) is 1. The van der Waals surface area contributed by atoms with Crippen molar-refractivity contribution in [2.24, 2.45) is 5.73 Å². The molecular formula is C11H14N2OS. The van der Waals surface area contributed by atoms with E-state index >= 15 is 0 Å². The minimum absolute atomic E-state index is 0.321. The highest BCUT2D eigenvalue weighted by atomic mass is 32.1. The fourth-order valence-corrected chi connectivity index (χ4v) is 1.93. The molecule has 0 fully saturated rings. The number of hydrogen-bond donors (Lipinski definition) is 1. The zero-order valence-corrected chi connectivity index (χ0v) is 9.67. The molecule has 0 bridgehead atoms. The zero-order valence-electron chi connectivity index (χ0n) is 8.86. The van der Waals surface area contributed by atoms with Crippen molar-refractivity contribution in [3.63, 3.8) is 0 Å². The molecule has 0 aliphatic carbocycles. The number of thiazole rings is 1. The van der Waals surface area contributed by atoms with E-state index in [1.54, 1.807) is 11.3 Å². The maximum Gasteiger partial charge on any atom is 0.146 e. The molecular weight excluding hydrogens is 208 g/mol. The van der Waals surface area contributed by atoms with Crippen molar-refractivity contribution in [2.75, 3.05) is 6.61 Å². The first-order chi connectivity index (χ1) is 7.06. The number of fused-ring (bicyclic) bond motifs is 1. The van der Waals surface area contributed by atoms with Gasteiger partial charge in [-0.2, -0.15) is 0 Å². The fourth-order valence-electron chi connectivity index (χ4n) is 1.24. The van der Waals surface area contributed by atoms with Crippen LogP contribution in [0.1, 0.15) is 13.8 Å². The molecule has 0 radical (unpaired) electrons. The highest BCUT2D eigenvalue weighted by Crippen LogP contribution is 2.27. The average molecular weight is 222 g/mol. The lowest BCUT2D eigenvalue weighted by molar-refractivity contribution is 0.245. The third kappa shape index (κ3) is 2.46. The molecule has 4 heteroatoms. The number of rotatable bonds is 3. The van der Waals surface area contributed by atoms with Crippen molar-refractivity contribution < 1.29 is 4.74 Å². The molecule has 0 spiro atoms. The van der Waals surface area contributed by atoms with E-state index in [0.29, 0.717) is 6.61 Å². The summed E-state index contributed by atoms with van der Waals surface area (Å²) in [5.41, 5.74) is 8.29. The minimum atomic E-state index is -0.321. The maximum absolute atomic E-state index is 5.86. The summed E-state index contributed by atoms with van der Waals surface area (Å²) in [6.45, 7) is 4.37. The quantitative estimate of drug-likeness (QED) is 0.867. The summed E-state index contributed by atoms with van der Waals surface area (Å²) in [5, 5.41) is 0. The van der Waals surface area contributed by atoms with E-state index in [4.69, 9.17) is 10.5 Å². The van der Waals surface area contributed by atoms with E-state index in [1.807, 2.05) is 37.6 Å². The Morgan fingerprint density at radius 3 is 3.00 bits per heavy atom. The van der Waals surface area contributed by atoms with Gasteiger partial charge in [-0.05, 0) is 26.0 Å². The Morgan fingerprint density at radius 1 is 1.47 bits per heavy atom. The summed E-state index contributed by atoms with van der Waals surface area (Å²) in [5.74, 6) is 0.812. The third-order valence-electron chi connectivity index (χ3n) is 1.92. The number of hydrogen-bond acceptors (Lipinski definition) is 4. The first-order valence-corrected chi connectivity index (χ1v) is 5.68. The zero-order chi connectivity index (χ0) is 10.9. The normalized spacial score (nSPS) is 11.9. The fraction of sp³-hybridized carbons (Fsp3) is 0.364. The molecule has 1 aromatic carbocycles. The molecule has 0 unspecified atom stereocenters. The van der Waals surface area contributed by atoms with E-state index in [1.165, 1.54) is 0 Å². The SMILES string of the molecule is CC(C)(N)COc1cccc2scnc12. The summed E-state index contributed by atoms with van der Waals surface area (Å²) >= 11 is 1.61. The predicted molar refractivity (Wildman–Crippen MR) is 63.4 cm³/mol. The van der Waals surface area contributed by atoms with Crippen LogP contribution in [0.5, 0.6) is 5.75 Å². The van der Waals surface area contributed by atoms with Crippen molar-refractivity contribution in [3.8, 4) is 5.75 Å². The first-order valence-electron chi connectivity index (χ1n) is 4.80. The van der Waals surface area contributed by atoms with E-state index in [0.717, 1.165) is 16.0 Å². The van der Waals surface area contributed by atoms with Gasteiger partial charge in [0, 0.05) is 5.54 Å². The van der Waals surface area contributed by atoms with Crippen LogP contribution in [0.3, 0.4) is 0 Å². The highest BCUT2D eigenvalue weighted by Gasteiger charge is 2.13. The molecule has 1 aromatic heterocycles. The Balaban J connectivity index is 2.24. The Labute approximate surface area is 92.9 Å². The molecule has 0 saturated carbocycles. The van der Waals surface area contributed by atoms with Crippen LogP contribution in [0.2, 0.25) is 0 Å². The summed E-state index contributed by atoms with van der Waals surface area (Å²) < 4.78 is 6.80. The van der Waals surface area contributed by atoms with Crippen molar-refractivity contribution in [1.29, 1.82) is 0 Å². The van der Waals surface area contributed by atoms with Crippen LogP contribution in [-0.4, -0.2) is 17.1 Å². The van der Waals surface area contributed by atoms with Crippen molar-refractivity contribution in [3.05, 3.63) is 23.7 Å². The molecule has 0 amide bonds. The average Bonchev–Trinajstić information content (AvgIpc) is 2.61. The van der Waals surface area contributed by atoms with Crippen LogP contribution in [0.4, 0.5) is 0 Å². The van der Waals surface area contributed by atoms with Gasteiger partial charge < -0.3 is 10.5 Å². The van der Waals surface area contributed by atoms with Gasteiger partial charge in [0.25, 0.3) is 0 Å². The van der Waals surface area contributed by atoms with Crippen molar-refractivity contribution >= 4 is 21.6 Å². The highest BCUT2D eigenvalue weighted by molar-refractivity contribution is 7.16. The molecule has 2 rings (SSSR count). The van der Waals surface area contributed by atoms with Gasteiger partial charge in [0.15, 0.2) is 0 Å². The second-order valence-corrected chi connectivity index (χ2v) is 5.12. The van der Waals surface area contributed by atoms with Gasteiger partial charge in [0.2, 0.25) is 0 Å². The summed E-state index contributed by atoms with van der Waals surface area (Å²) in [6, 6.07) is 5.93. The molecule has 3 nitrogen and oxygen atoms in total. The lowest BCUT2D eigenvalue weighted by Crippen LogP contribution is -2.38. The van der Waals surface area contributed by atoms with Gasteiger partial charge in [-0.1, -0.05) is 6.07 Å². The number of aromatic nitrogens is 1. The lowest BCUT2D eigenvalue weighted by Gasteiger charge is -2.19. The molecule has 0 aliphatic heterocycles. The minimum Gasteiger partial charge on any atom is -0.489 e. The molecule has 0 saturated heterocycles. The largest absolute Gasteiger partial charge is 0.489 e. The smallest absolute Gasteiger partial charge is 0.146 e. The Kier molecular flexibility index (Phi) is 2.63. The molecule has 2 N–H and O–H groups in total. The Morgan fingerprint density at radius 2 is 2.27 bits per heavy atom. The van der Waals surface area contributed by atoms with Gasteiger partial charge >= 0.3 is 0 Å². The Bertz CT molecular complexity index is 459. The number of ether oxygens (including phenoxy) is 1. The summed E-state index contributed by atoms with van der Waals surface area (Å²) in [7, 11) is 0. The van der Waals surface area contributed by atoms with Crippen LogP contribution < -0.4 is 10.5 Å². The third-order valence-corrected chi connectivity index (χ3v) is 2.72. The van der Waals surface area contributed by atoms with Crippen molar-refractivity contribution in [1.82, 2.24) is 4.98 Å². The van der Waals surface area contributed by atoms with Crippen LogP contribution in [-0.2, 0) is 0 Å². The molecule has 1 heterocycles. The Hall–Kier alpha value is -1.13. The van der Waals surface area contributed by atoms with Gasteiger partial charge in [-0.3, -0.25) is 0 Å². The number of benzene rings is 1. The molecule has 0 atom stereocenters. The molecule has 0 aliphatic rings. The first kappa shape index (κ1) is 10.4. The molecule has 2 aromatic rings. The van der Waals surface area contributed by atoms with Gasteiger partial charge in [0.05, 0.1) is 10.2 Å². The van der Waals surface area contributed by atoms with Crippen LogP contribution >= 0.6 is 11.3 Å². The van der Waals surface area contributed by atoms with E-state index in [-0.39, 0.29) is 5.54 Å². The summed E-state index contributed by atoms with van der Waals surface area (Å²) in [4.78, 5) is 4.27. The van der Waals surface area contributed by atoms with Crippen molar-refractivity contribution in [2.45, 2.75) is 19.4 Å². The van der Waals surface area contributed by atoms with Gasteiger partial charge in [0.1, 0.15) is 17.9 Å². The maximum atomic E-state index is 5.86. The van der Waals surface area contributed by atoms with Crippen LogP contribution in [0, 0.1) is 0 Å². The molecule has 15 heavy (non-hydrogen) atoms. The standard InChI is InChI=1S/C11H14N2OS/c1-11(2,12)6-14-8-4-3-5-9-10(8)13-7-15-9/h3-5,7H,6,12H2,1-2H3. The number of nitrogens with two attached hydrogens (primary N) is 1. The van der Waals surface area contributed by atoms with Gasteiger partial charge in [-0.25, -0.2) is 4.98 Å². The lowest BCUT2D eigenvalue weighted by atomic mass is 10.1. The topological polar surface area (TPSA) is 48.1 Å². The predicted octanol–water partition coefficient (Wildman–Crippen LogP) is 2.41. The monoisotopic (exact) mass is 222 g/mol. The van der Waals surface area contributed by atoms with Crippen LogP contribution in [0.15, 0.2) is 23.7 Å². The molecule has 80 valence electrons. The van der Waals surface area contributed by atoms with Gasteiger partial charge in [-0.15, -0.1) is 11.3 Å². The van der Waals surface area contributed by atoms with Crippen LogP contribution in [0.25, 0.3) is 10.2 Å². The number of para-hydroxylation sites is 1. The van der Waals surface area contributed by atoms with E-state index in [2.05, 4.69) is 4.98 Å². The van der Waals surface area contributed by atoms with E-state index in [9.17, 15) is 0 Å². The second kappa shape index (κ2) is 3.79. The van der Waals surface area contributed by atoms with E-state index < -0.39 is 0 Å². The summed E-state index contributed by atoms with van der Waals surface area (Å²) in [6.07, 6.45) is 0. The second-order valence-electron chi connectivity index (χ2n) is 4.23.